The van der Waals surface area contributed by atoms with Crippen molar-refractivity contribution in [2.45, 2.75) is 12.4 Å². The van der Waals surface area contributed by atoms with Crippen molar-refractivity contribution < 1.29 is 31.1 Å². The second kappa shape index (κ2) is 4.27. The van der Waals surface area contributed by atoms with Gasteiger partial charge in [-0.3, -0.25) is 4.79 Å². The molecule has 17 heavy (non-hydrogen) atoms. The number of benzene rings is 1. The lowest BCUT2D eigenvalue weighted by Crippen LogP contribution is -2.30. The van der Waals surface area contributed by atoms with Crippen LogP contribution in [-0.2, 0) is 11.0 Å². The van der Waals surface area contributed by atoms with E-state index in [2.05, 4.69) is 6.07 Å². The third kappa shape index (κ3) is 3.65. The Hall–Kier alpha value is -1.73. The maximum absolute atomic E-state index is 12.2. The molecule has 0 fully saturated rings. The van der Waals surface area contributed by atoms with Crippen molar-refractivity contribution in [3.63, 3.8) is 0 Å². The average Bonchev–Trinajstić information content (AvgIpc) is 2.15. The van der Waals surface area contributed by atoms with Crippen molar-refractivity contribution in [2.75, 3.05) is 5.32 Å². The largest absolute Gasteiger partial charge is 0.471 e. The van der Waals surface area contributed by atoms with Gasteiger partial charge in [-0.2, -0.15) is 26.3 Å². The number of nitrogens with one attached hydrogen (secondary N) is 1. The molecule has 1 N–H and O–H groups in total. The zero-order valence-electron chi connectivity index (χ0n) is 7.91. The van der Waals surface area contributed by atoms with Gasteiger partial charge in [0, 0.05) is 11.8 Å². The molecule has 0 heterocycles. The van der Waals surface area contributed by atoms with Crippen LogP contribution in [0.15, 0.2) is 18.2 Å². The lowest BCUT2D eigenvalue weighted by Gasteiger charge is -2.10. The average molecular weight is 256 g/mol. The van der Waals surface area contributed by atoms with Gasteiger partial charge < -0.3 is 5.32 Å². The van der Waals surface area contributed by atoms with Gasteiger partial charge >= 0.3 is 18.3 Å². The van der Waals surface area contributed by atoms with Gasteiger partial charge in [0.15, 0.2) is 0 Å². The molecule has 2 nitrogen and oxygen atoms in total. The molecule has 1 radical (unpaired) electrons. The summed E-state index contributed by atoms with van der Waals surface area (Å²) in [5, 5.41) is 1.27. The molecule has 1 aromatic rings. The number of carbonyl (C=O) groups excluding carboxylic acids is 1. The number of carbonyl (C=O) groups is 1. The third-order valence-electron chi connectivity index (χ3n) is 1.63. The number of alkyl halides is 6. The van der Waals surface area contributed by atoms with Crippen molar-refractivity contribution in [1.82, 2.24) is 0 Å². The van der Waals surface area contributed by atoms with E-state index in [0.29, 0.717) is 12.1 Å². The van der Waals surface area contributed by atoms with E-state index in [1.54, 1.807) is 0 Å². The molecule has 0 aliphatic heterocycles. The first-order chi connectivity index (χ1) is 7.60. The Balaban J connectivity index is 2.91. The van der Waals surface area contributed by atoms with E-state index in [0.717, 1.165) is 6.07 Å². The molecule has 0 aliphatic rings. The van der Waals surface area contributed by atoms with Gasteiger partial charge in [-0.1, -0.05) is 6.07 Å². The zero-order valence-corrected chi connectivity index (χ0v) is 7.91. The first-order valence-corrected chi connectivity index (χ1v) is 4.08. The Labute approximate surface area is 91.2 Å². The Morgan fingerprint density at radius 1 is 1.18 bits per heavy atom. The minimum Gasteiger partial charge on any atom is -0.318 e. The van der Waals surface area contributed by atoms with Gasteiger partial charge in [0.2, 0.25) is 0 Å². The van der Waals surface area contributed by atoms with E-state index in [9.17, 15) is 31.1 Å². The van der Waals surface area contributed by atoms with Crippen molar-refractivity contribution in [2.24, 2.45) is 0 Å². The first-order valence-electron chi connectivity index (χ1n) is 4.08. The van der Waals surface area contributed by atoms with Crippen LogP contribution < -0.4 is 5.32 Å². The molecule has 0 bridgehead atoms. The van der Waals surface area contributed by atoms with Crippen molar-refractivity contribution in [3.8, 4) is 0 Å². The van der Waals surface area contributed by atoms with E-state index in [1.165, 1.54) is 5.32 Å². The summed E-state index contributed by atoms with van der Waals surface area (Å²) in [6, 6.07) is 3.82. The standard InChI is InChI=1S/C9H4F6NO/c10-8(11,12)5-2-1-3-6(4-5)16-7(17)9(13,14)15/h1-2,4H,(H,16,17). The van der Waals surface area contributed by atoms with Gasteiger partial charge in [-0.05, 0) is 12.1 Å². The summed E-state index contributed by atoms with van der Waals surface area (Å²) in [4.78, 5) is 10.5. The van der Waals surface area contributed by atoms with E-state index in [-0.39, 0.29) is 0 Å². The van der Waals surface area contributed by atoms with Crippen LogP contribution in [0.3, 0.4) is 0 Å². The second-order valence-electron chi connectivity index (χ2n) is 2.94. The van der Waals surface area contributed by atoms with Gasteiger partial charge in [0.1, 0.15) is 0 Å². The molecular formula is C9H4F6NO. The monoisotopic (exact) mass is 256 g/mol. The molecule has 0 spiro atoms. The van der Waals surface area contributed by atoms with Crippen LogP contribution in [0.2, 0.25) is 0 Å². The van der Waals surface area contributed by atoms with Gasteiger partial charge in [-0.25, -0.2) is 0 Å². The maximum atomic E-state index is 12.2. The Morgan fingerprint density at radius 2 is 1.76 bits per heavy atom. The second-order valence-corrected chi connectivity index (χ2v) is 2.94. The molecule has 0 atom stereocenters. The number of hydrogen-bond donors (Lipinski definition) is 1. The molecule has 0 aromatic heterocycles. The molecule has 1 aromatic carbocycles. The van der Waals surface area contributed by atoms with E-state index < -0.39 is 29.5 Å². The number of hydrogen-bond acceptors (Lipinski definition) is 1. The predicted octanol–water partition coefficient (Wildman–Crippen LogP) is 3.01. The fourth-order valence-corrected chi connectivity index (χ4v) is 0.908. The lowest BCUT2D eigenvalue weighted by molar-refractivity contribution is -0.167. The molecule has 1 rings (SSSR count). The molecule has 0 unspecified atom stereocenters. The number of halogens is 6. The zero-order chi connectivity index (χ0) is 13.3. The molecule has 0 saturated carbocycles. The highest BCUT2D eigenvalue weighted by Gasteiger charge is 2.39. The Kier molecular flexibility index (Phi) is 3.35. The Bertz CT molecular complexity index is 422. The van der Waals surface area contributed by atoms with Crippen LogP contribution in [0.25, 0.3) is 0 Å². The van der Waals surface area contributed by atoms with E-state index in [1.807, 2.05) is 0 Å². The SMILES string of the molecule is O=C(Nc1[c]ccc(C(F)(F)F)c1)C(F)(F)F. The summed E-state index contributed by atoms with van der Waals surface area (Å²) in [7, 11) is 0. The van der Waals surface area contributed by atoms with Crippen molar-refractivity contribution in [3.05, 3.63) is 29.8 Å². The highest BCUT2D eigenvalue weighted by atomic mass is 19.4. The van der Waals surface area contributed by atoms with Crippen molar-refractivity contribution in [1.29, 1.82) is 0 Å². The summed E-state index contributed by atoms with van der Waals surface area (Å²) in [5.74, 6) is -2.35. The van der Waals surface area contributed by atoms with Crippen molar-refractivity contribution >= 4 is 11.6 Å². The summed E-state index contributed by atoms with van der Waals surface area (Å²) in [6.07, 6.45) is -9.87. The van der Waals surface area contributed by atoms with Gasteiger partial charge in [-0.15, -0.1) is 0 Å². The van der Waals surface area contributed by atoms with Crippen LogP contribution in [-0.4, -0.2) is 12.1 Å². The van der Waals surface area contributed by atoms with Crippen LogP contribution in [0.4, 0.5) is 32.0 Å². The molecule has 0 saturated heterocycles. The molecule has 8 heteroatoms. The number of rotatable bonds is 1. The van der Waals surface area contributed by atoms with Crippen LogP contribution in [0.1, 0.15) is 5.56 Å². The summed E-state index contributed by atoms with van der Waals surface area (Å²) in [5.41, 5.74) is -1.86. The summed E-state index contributed by atoms with van der Waals surface area (Å²) < 4.78 is 72.0. The minimum atomic E-state index is -5.16. The number of amides is 1. The molecule has 0 aliphatic carbocycles. The molecule has 1 amide bonds. The van der Waals surface area contributed by atoms with Crippen LogP contribution in [0, 0.1) is 6.07 Å². The highest BCUT2D eigenvalue weighted by molar-refractivity contribution is 5.94. The topological polar surface area (TPSA) is 29.1 Å². The minimum absolute atomic E-state index is 0.365. The number of anilines is 1. The quantitative estimate of drug-likeness (QED) is 0.769. The van der Waals surface area contributed by atoms with E-state index in [4.69, 9.17) is 0 Å². The van der Waals surface area contributed by atoms with Gasteiger partial charge in [0.05, 0.1) is 5.56 Å². The van der Waals surface area contributed by atoms with Crippen LogP contribution >= 0.6 is 0 Å². The van der Waals surface area contributed by atoms with E-state index >= 15 is 0 Å². The third-order valence-corrected chi connectivity index (χ3v) is 1.63. The lowest BCUT2D eigenvalue weighted by atomic mass is 10.2. The maximum Gasteiger partial charge on any atom is 0.471 e. The Morgan fingerprint density at radius 3 is 2.24 bits per heavy atom. The van der Waals surface area contributed by atoms with Gasteiger partial charge in [0.25, 0.3) is 0 Å². The fourth-order valence-electron chi connectivity index (χ4n) is 0.908. The highest BCUT2D eigenvalue weighted by Crippen LogP contribution is 2.30. The fraction of sp³-hybridized carbons (Fsp3) is 0.222. The predicted molar refractivity (Wildman–Crippen MR) is 45.0 cm³/mol. The molecule has 93 valence electrons. The molecular weight excluding hydrogens is 252 g/mol. The van der Waals surface area contributed by atoms with Crippen LogP contribution in [0.5, 0.6) is 0 Å². The summed E-state index contributed by atoms with van der Waals surface area (Å²) >= 11 is 0. The first kappa shape index (κ1) is 13.3. The normalized spacial score (nSPS) is 12.4. The summed E-state index contributed by atoms with van der Waals surface area (Å²) in [6.45, 7) is 0. The smallest absolute Gasteiger partial charge is 0.318 e.